The molecule has 6 heteroatoms. The van der Waals surface area contributed by atoms with Gasteiger partial charge in [0.05, 0.1) is 18.1 Å². The van der Waals surface area contributed by atoms with Crippen molar-refractivity contribution in [2.75, 3.05) is 24.5 Å². The van der Waals surface area contributed by atoms with Crippen LogP contribution in [0.2, 0.25) is 0 Å². The molecular formula is C27H33FN4O. The first-order chi connectivity index (χ1) is 15.8. The maximum absolute atomic E-state index is 13.4. The quantitative estimate of drug-likeness (QED) is 0.487. The van der Waals surface area contributed by atoms with Gasteiger partial charge in [0.2, 0.25) is 0 Å². The molecule has 1 unspecified atom stereocenters. The van der Waals surface area contributed by atoms with Crippen LogP contribution in [0.1, 0.15) is 55.4 Å². The molecule has 2 heterocycles. The molecule has 1 aliphatic heterocycles. The van der Waals surface area contributed by atoms with Crippen LogP contribution in [0, 0.1) is 11.2 Å². The molecule has 5 nitrogen and oxygen atoms in total. The number of carbonyl (C=O) groups excluding carboxylic acids is 1. The number of imidazole rings is 1. The van der Waals surface area contributed by atoms with Crippen molar-refractivity contribution in [1.82, 2.24) is 14.5 Å². The number of halogens is 1. The highest BCUT2D eigenvalue weighted by Crippen LogP contribution is 2.33. The normalized spacial score (nSPS) is 18.3. The summed E-state index contributed by atoms with van der Waals surface area (Å²) in [4.78, 5) is 21.0. The molecule has 0 N–H and O–H groups in total. The van der Waals surface area contributed by atoms with Crippen LogP contribution in [-0.2, 0) is 6.54 Å². The van der Waals surface area contributed by atoms with Crippen LogP contribution in [0.5, 0.6) is 0 Å². The molecule has 174 valence electrons. The van der Waals surface area contributed by atoms with Crippen molar-refractivity contribution >= 4 is 12.0 Å². The molecule has 2 aromatic carbocycles. The lowest BCUT2D eigenvalue weighted by atomic mass is 9.83. The third kappa shape index (κ3) is 5.01. The second-order valence-corrected chi connectivity index (χ2v) is 10.0. The Kier molecular flexibility index (Phi) is 6.66. The summed E-state index contributed by atoms with van der Waals surface area (Å²) in [6, 6.07) is 14.9. The standard InChI is InChI=1S/C27H33FN4O/c1-20(21-9-11-23(28)12-10-21)32-19-29-15-24(32)16-30-13-14-31(26(17-30)27(2,3)4)25-8-6-5-7-22(25)18-33/h5-12,15,18-20,26H,13-14,16-17H2,1-4H3/t20-,26?/m1/s1. The van der Waals surface area contributed by atoms with Gasteiger partial charge in [-0.15, -0.1) is 0 Å². The average Bonchev–Trinajstić information content (AvgIpc) is 3.26. The highest BCUT2D eigenvalue weighted by atomic mass is 19.1. The summed E-state index contributed by atoms with van der Waals surface area (Å²) in [6.07, 6.45) is 4.75. The molecular weight excluding hydrogens is 415 g/mol. The van der Waals surface area contributed by atoms with E-state index in [9.17, 15) is 9.18 Å². The van der Waals surface area contributed by atoms with Gasteiger partial charge >= 0.3 is 0 Å². The van der Waals surface area contributed by atoms with Crippen molar-refractivity contribution in [2.45, 2.75) is 46.3 Å². The van der Waals surface area contributed by atoms with Gasteiger partial charge in [0.1, 0.15) is 5.82 Å². The summed E-state index contributed by atoms with van der Waals surface area (Å²) in [6.45, 7) is 12.3. The Morgan fingerprint density at radius 1 is 1.12 bits per heavy atom. The number of para-hydroxylation sites is 1. The van der Waals surface area contributed by atoms with Gasteiger partial charge in [0.25, 0.3) is 0 Å². The van der Waals surface area contributed by atoms with Crippen LogP contribution in [0.4, 0.5) is 10.1 Å². The smallest absolute Gasteiger partial charge is 0.152 e. The van der Waals surface area contributed by atoms with Crippen molar-refractivity contribution < 1.29 is 9.18 Å². The average molecular weight is 449 g/mol. The van der Waals surface area contributed by atoms with Crippen molar-refractivity contribution in [3.63, 3.8) is 0 Å². The van der Waals surface area contributed by atoms with Gasteiger partial charge in [-0.1, -0.05) is 45.0 Å². The Balaban J connectivity index is 1.54. The Bertz CT molecular complexity index is 1090. The molecule has 0 amide bonds. The minimum Gasteiger partial charge on any atom is -0.365 e. The number of piperazine rings is 1. The van der Waals surface area contributed by atoms with Gasteiger partial charge in [-0.3, -0.25) is 9.69 Å². The molecule has 0 radical (unpaired) electrons. The van der Waals surface area contributed by atoms with Crippen LogP contribution < -0.4 is 4.90 Å². The first kappa shape index (κ1) is 23.2. The SMILES string of the molecule is C[C@H](c1ccc(F)cc1)n1cncc1CN1CCN(c2ccccc2C=O)C(C(C)(C)C)C1. The summed E-state index contributed by atoms with van der Waals surface area (Å²) < 4.78 is 15.5. The fraction of sp³-hybridized carbons (Fsp3) is 0.407. The second kappa shape index (κ2) is 9.48. The van der Waals surface area contributed by atoms with Crippen LogP contribution >= 0.6 is 0 Å². The summed E-state index contributed by atoms with van der Waals surface area (Å²) in [5.41, 5.74) is 3.99. The lowest BCUT2D eigenvalue weighted by Gasteiger charge is -2.49. The molecule has 2 atom stereocenters. The largest absolute Gasteiger partial charge is 0.365 e. The highest BCUT2D eigenvalue weighted by Gasteiger charge is 2.36. The zero-order valence-electron chi connectivity index (χ0n) is 19.9. The van der Waals surface area contributed by atoms with E-state index < -0.39 is 0 Å². The number of benzene rings is 2. The van der Waals surface area contributed by atoms with Crippen LogP contribution in [0.15, 0.2) is 61.1 Å². The molecule has 33 heavy (non-hydrogen) atoms. The molecule has 1 saturated heterocycles. The number of nitrogens with zero attached hydrogens (tertiary/aromatic N) is 4. The molecule has 1 aromatic heterocycles. The Morgan fingerprint density at radius 2 is 1.85 bits per heavy atom. The van der Waals surface area contributed by atoms with E-state index in [2.05, 4.69) is 53.1 Å². The first-order valence-electron chi connectivity index (χ1n) is 11.6. The highest BCUT2D eigenvalue weighted by molar-refractivity contribution is 5.84. The number of hydrogen-bond donors (Lipinski definition) is 0. The van der Waals surface area contributed by atoms with E-state index in [0.29, 0.717) is 0 Å². The summed E-state index contributed by atoms with van der Waals surface area (Å²) in [5, 5.41) is 0. The lowest BCUT2D eigenvalue weighted by Crippen LogP contribution is -2.58. The van der Waals surface area contributed by atoms with E-state index in [-0.39, 0.29) is 23.3 Å². The van der Waals surface area contributed by atoms with E-state index >= 15 is 0 Å². The van der Waals surface area contributed by atoms with Crippen molar-refractivity contribution in [3.8, 4) is 0 Å². The number of hydrogen-bond acceptors (Lipinski definition) is 4. The second-order valence-electron chi connectivity index (χ2n) is 10.0. The van der Waals surface area contributed by atoms with Gasteiger partial charge in [-0.25, -0.2) is 9.37 Å². The van der Waals surface area contributed by atoms with E-state index in [1.165, 1.54) is 12.1 Å². The van der Waals surface area contributed by atoms with Crippen molar-refractivity contribution in [3.05, 3.63) is 83.7 Å². The molecule has 0 bridgehead atoms. The first-order valence-corrected chi connectivity index (χ1v) is 11.6. The number of carbonyl (C=O) groups is 1. The molecule has 1 aliphatic rings. The minimum absolute atomic E-state index is 0.0380. The number of anilines is 1. The molecule has 0 saturated carbocycles. The Hall–Kier alpha value is -2.99. The van der Waals surface area contributed by atoms with Gasteiger partial charge in [0.15, 0.2) is 6.29 Å². The van der Waals surface area contributed by atoms with Crippen LogP contribution in [-0.4, -0.2) is 46.4 Å². The summed E-state index contributed by atoms with van der Waals surface area (Å²) in [5.74, 6) is -0.223. The van der Waals surface area contributed by atoms with Gasteiger partial charge in [0, 0.05) is 49.7 Å². The van der Waals surface area contributed by atoms with Gasteiger partial charge < -0.3 is 9.47 Å². The van der Waals surface area contributed by atoms with E-state index in [1.54, 1.807) is 0 Å². The Labute approximate surface area is 195 Å². The molecule has 0 spiro atoms. The zero-order valence-corrected chi connectivity index (χ0v) is 19.9. The zero-order chi connectivity index (χ0) is 23.6. The monoisotopic (exact) mass is 448 g/mol. The number of aldehydes is 1. The summed E-state index contributed by atoms with van der Waals surface area (Å²) >= 11 is 0. The maximum Gasteiger partial charge on any atom is 0.152 e. The minimum atomic E-state index is -0.223. The Morgan fingerprint density at radius 3 is 2.55 bits per heavy atom. The number of rotatable bonds is 6. The fourth-order valence-corrected chi connectivity index (χ4v) is 4.80. The fourth-order valence-electron chi connectivity index (χ4n) is 4.80. The predicted octanol–water partition coefficient (Wildman–Crippen LogP) is 5.18. The maximum atomic E-state index is 13.4. The van der Waals surface area contributed by atoms with Gasteiger partial charge in [-0.05, 0) is 42.2 Å². The third-order valence-electron chi connectivity index (χ3n) is 6.74. The van der Waals surface area contributed by atoms with E-state index in [0.717, 1.165) is 55.0 Å². The van der Waals surface area contributed by atoms with Gasteiger partial charge in [-0.2, -0.15) is 0 Å². The molecule has 1 fully saturated rings. The third-order valence-corrected chi connectivity index (χ3v) is 6.74. The van der Waals surface area contributed by atoms with Crippen LogP contribution in [0.25, 0.3) is 0 Å². The molecule has 4 rings (SSSR count). The lowest BCUT2D eigenvalue weighted by molar-refractivity contribution is 0.112. The van der Waals surface area contributed by atoms with Crippen molar-refractivity contribution in [2.24, 2.45) is 5.41 Å². The van der Waals surface area contributed by atoms with Crippen molar-refractivity contribution in [1.29, 1.82) is 0 Å². The topological polar surface area (TPSA) is 41.4 Å². The van der Waals surface area contributed by atoms with E-state index in [4.69, 9.17) is 0 Å². The summed E-state index contributed by atoms with van der Waals surface area (Å²) in [7, 11) is 0. The molecule has 0 aliphatic carbocycles. The molecule has 3 aromatic rings. The predicted molar refractivity (Wildman–Crippen MR) is 130 cm³/mol. The van der Waals surface area contributed by atoms with Crippen LogP contribution in [0.3, 0.4) is 0 Å². The van der Waals surface area contributed by atoms with E-state index in [1.807, 2.05) is 42.9 Å². The number of aromatic nitrogens is 2.